The van der Waals surface area contributed by atoms with Crippen LogP contribution in [-0.4, -0.2) is 38.7 Å². The van der Waals surface area contributed by atoms with Crippen LogP contribution in [0.25, 0.3) is 0 Å². The third-order valence-corrected chi connectivity index (χ3v) is 4.45. The second-order valence-corrected chi connectivity index (χ2v) is 7.16. The molecule has 2 rings (SSSR count). The number of benzene rings is 2. The van der Waals surface area contributed by atoms with E-state index in [9.17, 15) is 4.39 Å². The number of hydrogen-bond acceptors (Lipinski definition) is 4. The third-order valence-electron chi connectivity index (χ3n) is 3.82. The number of nitrogens with one attached hydrogen (secondary N) is 1. The van der Waals surface area contributed by atoms with Crippen LogP contribution in [0.15, 0.2) is 30.3 Å². The normalized spacial score (nSPS) is 11.1. The molecule has 27 heavy (non-hydrogen) atoms. The van der Waals surface area contributed by atoms with Crippen molar-refractivity contribution >= 4 is 23.2 Å². The van der Waals surface area contributed by atoms with Gasteiger partial charge in [-0.3, -0.25) is 0 Å². The number of likely N-dealkylation sites (N-methyl/N-ethyl adjacent to an activating group) is 1. The Bertz CT molecular complexity index is 757. The maximum atomic E-state index is 13.2. The minimum Gasteiger partial charge on any atom is -0.490 e. The quantitative estimate of drug-likeness (QED) is 0.568. The summed E-state index contributed by atoms with van der Waals surface area (Å²) in [4.78, 5) is 2.11. The molecule has 2 aromatic carbocycles. The van der Waals surface area contributed by atoms with Gasteiger partial charge in [-0.2, -0.15) is 0 Å². The SMILES string of the molecule is CCOc1cc(CNCCN(C)C)cc(Cl)c1OCc1ccc(F)cc1Cl. The smallest absolute Gasteiger partial charge is 0.180 e. The highest BCUT2D eigenvalue weighted by molar-refractivity contribution is 6.32. The van der Waals surface area contributed by atoms with Gasteiger partial charge in [-0.05, 0) is 50.8 Å². The van der Waals surface area contributed by atoms with Gasteiger partial charge < -0.3 is 19.7 Å². The molecule has 2 aromatic rings. The van der Waals surface area contributed by atoms with E-state index in [4.69, 9.17) is 32.7 Å². The lowest BCUT2D eigenvalue weighted by atomic mass is 10.2. The lowest BCUT2D eigenvalue weighted by Crippen LogP contribution is -2.26. The summed E-state index contributed by atoms with van der Waals surface area (Å²) in [6.07, 6.45) is 0. The van der Waals surface area contributed by atoms with Crippen LogP contribution < -0.4 is 14.8 Å². The summed E-state index contributed by atoms with van der Waals surface area (Å²) >= 11 is 12.5. The summed E-state index contributed by atoms with van der Waals surface area (Å²) < 4.78 is 24.7. The van der Waals surface area contributed by atoms with Gasteiger partial charge in [0, 0.05) is 25.2 Å². The molecule has 0 saturated carbocycles. The number of hydrogen-bond donors (Lipinski definition) is 1. The lowest BCUT2D eigenvalue weighted by Gasteiger charge is -2.16. The number of halogens is 3. The molecule has 0 heterocycles. The molecule has 0 aliphatic carbocycles. The Morgan fingerprint density at radius 1 is 1.07 bits per heavy atom. The number of ether oxygens (including phenoxy) is 2. The Labute approximate surface area is 170 Å². The minimum atomic E-state index is -0.386. The Morgan fingerprint density at radius 2 is 1.85 bits per heavy atom. The molecule has 0 fully saturated rings. The summed E-state index contributed by atoms with van der Waals surface area (Å²) in [6.45, 7) is 5.05. The summed E-state index contributed by atoms with van der Waals surface area (Å²) in [6, 6.07) is 7.97. The highest BCUT2D eigenvalue weighted by atomic mass is 35.5. The Kier molecular flexibility index (Phi) is 8.64. The summed E-state index contributed by atoms with van der Waals surface area (Å²) in [7, 11) is 4.07. The van der Waals surface area contributed by atoms with Crippen molar-refractivity contribution in [3.63, 3.8) is 0 Å². The zero-order chi connectivity index (χ0) is 19.8. The lowest BCUT2D eigenvalue weighted by molar-refractivity contribution is 0.269. The molecule has 0 aromatic heterocycles. The summed E-state index contributed by atoms with van der Waals surface area (Å²) in [5.41, 5.74) is 1.68. The van der Waals surface area contributed by atoms with Gasteiger partial charge in [-0.15, -0.1) is 0 Å². The molecular weight excluding hydrogens is 390 g/mol. The highest BCUT2D eigenvalue weighted by Crippen LogP contribution is 2.37. The van der Waals surface area contributed by atoms with Crippen molar-refractivity contribution in [3.05, 3.63) is 57.3 Å². The van der Waals surface area contributed by atoms with Gasteiger partial charge in [0.2, 0.25) is 0 Å². The van der Waals surface area contributed by atoms with Crippen molar-refractivity contribution < 1.29 is 13.9 Å². The van der Waals surface area contributed by atoms with E-state index in [1.807, 2.05) is 33.2 Å². The first-order valence-corrected chi connectivity index (χ1v) is 9.53. The average molecular weight is 415 g/mol. The molecule has 0 amide bonds. The van der Waals surface area contributed by atoms with Crippen molar-refractivity contribution in [2.24, 2.45) is 0 Å². The Balaban J connectivity index is 2.10. The molecule has 0 aliphatic rings. The third kappa shape index (κ3) is 6.85. The van der Waals surface area contributed by atoms with Crippen molar-refractivity contribution in [1.82, 2.24) is 10.2 Å². The molecule has 0 aliphatic heterocycles. The fourth-order valence-corrected chi connectivity index (χ4v) is 2.96. The molecule has 4 nitrogen and oxygen atoms in total. The van der Waals surface area contributed by atoms with Gasteiger partial charge in [0.05, 0.1) is 16.7 Å². The maximum absolute atomic E-state index is 13.2. The van der Waals surface area contributed by atoms with Crippen LogP contribution in [0.1, 0.15) is 18.1 Å². The van der Waals surface area contributed by atoms with Crippen LogP contribution >= 0.6 is 23.2 Å². The van der Waals surface area contributed by atoms with Crippen molar-refractivity contribution in [1.29, 1.82) is 0 Å². The number of rotatable bonds is 10. The van der Waals surface area contributed by atoms with Crippen LogP contribution in [0.3, 0.4) is 0 Å². The van der Waals surface area contributed by atoms with Gasteiger partial charge in [0.25, 0.3) is 0 Å². The molecule has 148 valence electrons. The highest BCUT2D eigenvalue weighted by Gasteiger charge is 2.14. The summed E-state index contributed by atoms with van der Waals surface area (Å²) in [5, 5.41) is 4.14. The number of nitrogens with zero attached hydrogens (tertiary/aromatic N) is 1. The minimum absolute atomic E-state index is 0.166. The molecular formula is C20H25Cl2FN2O2. The van der Waals surface area contributed by atoms with Crippen LogP contribution in [0.2, 0.25) is 10.0 Å². The van der Waals surface area contributed by atoms with E-state index in [2.05, 4.69) is 10.2 Å². The van der Waals surface area contributed by atoms with Crippen molar-refractivity contribution in [2.75, 3.05) is 33.8 Å². The van der Waals surface area contributed by atoms with Gasteiger partial charge >= 0.3 is 0 Å². The van der Waals surface area contributed by atoms with E-state index >= 15 is 0 Å². The molecule has 0 radical (unpaired) electrons. The predicted octanol–water partition coefficient (Wildman–Crippen LogP) is 4.76. The Hall–Kier alpha value is -1.53. The van der Waals surface area contributed by atoms with E-state index in [0.29, 0.717) is 40.3 Å². The standard InChI is InChI=1S/C20H25Cl2FN2O2/c1-4-26-19-10-14(12-24-7-8-25(2)3)9-18(22)20(19)27-13-15-5-6-16(23)11-17(15)21/h5-6,9-11,24H,4,7-8,12-13H2,1-3H3. The van der Waals surface area contributed by atoms with Crippen LogP contribution in [0.5, 0.6) is 11.5 Å². The van der Waals surface area contributed by atoms with E-state index < -0.39 is 0 Å². The molecule has 0 unspecified atom stereocenters. The van der Waals surface area contributed by atoms with Gasteiger partial charge in [0.15, 0.2) is 11.5 Å². The van der Waals surface area contributed by atoms with E-state index in [0.717, 1.165) is 18.7 Å². The second kappa shape index (κ2) is 10.7. The molecule has 0 saturated heterocycles. The first-order valence-electron chi connectivity index (χ1n) is 8.78. The molecule has 0 atom stereocenters. The Morgan fingerprint density at radius 3 is 2.52 bits per heavy atom. The van der Waals surface area contributed by atoms with Crippen molar-refractivity contribution in [3.8, 4) is 11.5 Å². The van der Waals surface area contributed by atoms with E-state index in [-0.39, 0.29) is 12.4 Å². The fourth-order valence-electron chi connectivity index (χ4n) is 2.45. The van der Waals surface area contributed by atoms with E-state index in [1.54, 1.807) is 6.07 Å². The largest absolute Gasteiger partial charge is 0.490 e. The molecule has 0 bridgehead atoms. The molecule has 7 heteroatoms. The first kappa shape index (κ1) is 21.8. The second-order valence-electron chi connectivity index (χ2n) is 6.34. The zero-order valence-electron chi connectivity index (χ0n) is 15.8. The monoisotopic (exact) mass is 414 g/mol. The molecule has 0 spiro atoms. The van der Waals surface area contributed by atoms with E-state index in [1.165, 1.54) is 12.1 Å². The maximum Gasteiger partial charge on any atom is 0.180 e. The van der Waals surface area contributed by atoms with Gasteiger partial charge in [-0.25, -0.2) is 4.39 Å². The van der Waals surface area contributed by atoms with Crippen LogP contribution in [-0.2, 0) is 13.2 Å². The fraction of sp³-hybridized carbons (Fsp3) is 0.400. The van der Waals surface area contributed by atoms with Gasteiger partial charge in [0.1, 0.15) is 12.4 Å². The van der Waals surface area contributed by atoms with Gasteiger partial charge in [-0.1, -0.05) is 29.3 Å². The zero-order valence-corrected chi connectivity index (χ0v) is 17.3. The van der Waals surface area contributed by atoms with Crippen LogP contribution in [0, 0.1) is 5.82 Å². The molecule has 1 N–H and O–H groups in total. The van der Waals surface area contributed by atoms with Crippen molar-refractivity contribution in [2.45, 2.75) is 20.1 Å². The first-order chi connectivity index (χ1) is 12.9. The van der Waals surface area contributed by atoms with Crippen LogP contribution in [0.4, 0.5) is 4.39 Å². The average Bonchev–Trinajstić information content (AvgIpc) is 2.59. The predicted molar refractivity (Wildman–Crippen MR) is 109 cm³/mol. The summed E-state index contributed by atoms with van der Waals surface area (Å²) in [5.74, 6) is 0.645. The topological polar surface area (TPSA) is 33.7 Å².